The molecule has 0 fully saturated rings. The van der Waals surface area contributed by atoms with Gasteiger partial charge in [0.1, 0.15) is 5.75 Å². The van der Waals surface area contributed by atoms with Gasteiger partial charge < -0.3 is 4.74 Å². The summed E-state index contributed by atoms with van der Waals surface area (Å²) in [6, 6.07) is 6.18. The lowest BCUT2D eigenvalue weighted by molar-refractivity contribution is -0.0884. The molecule has 3 rings (SSSR count). The van der Waals surface area contributed by atoms with E-state index in [1.807, 2.05) is 0 Å². The Morgan fingerprint density at radius 1 is 1.25 bits per heavy atom. The summed E-state index contributed by atoms with van der Waals surface area (Å²) >= 11 is 0. The van der Waals surface area contributed by atoms with E-state index in [0.717, 1.165) is 0 Å². The number of benzene rings is 2. The molecular weight excluding hydrogens is 321 g/mol. The molecule has 0 radical (unpaired) electrons. The number of alkyl halides is 3. The number of hydrogen-bond donors (Lipinski definition) is 0. The number of ketones is 1. The number of rotatable bonds is 3. The number of ether oxygens (including phenoxy) is 1. The van der Waals surface area contributed by atoms with Crippen molar-refractivity contribution in [2.24, 2.45) is 5.10 Å². The number of nitrogens with zero attached hydrogens (tertiary/aromatic N) is 2. The van der Waals surface area contributed by atoms with Crippen LogP contribution >= 0.6 is 0 Å². The molecule has 2 aromatic rings. The summed E-state index contributed by atoms with van der Waals surface area (Å²) in [5.74, 6) is -1.34. The molecule has 0 bridgehead atoms. The summed E-state index contributed by atoms with van der Waals surface area (Å²) in [4.78, 5) is 11.9. The van der Waals surface area contributed by atoms with Gasteiger partial charge >= 0.3 is 6.18 Å². The molecule has 24 heavy (non-hydrogen) atoms. The summed E-state index contributed by atoms with van der Waals surface area (Å²) in [6.45, 7) is 3.89. The molecule has 0 spiro atoms. The Labute approximate surface area is 136 Å². The van der Waals surface area contributed by atoms with Crippen LogP contribution in [0.4, 0.5) is 18.9 Å². The SMILES string of the molecule is CCN1N=C(C)c2ccc(OC)c3ccc(C(=O)C(F)(F)F)c1c23. The summed E-state index contributed by atoms with van der Waals surface area (Å²) in [5.41, 5.74) is 1.15. The van der Waals surface area contributed by atoms with Gasteiger partial charge in [0.15, 0.2) is 0 Å². The molecule has 0 aliphatic carbocycles. The van der Waals surface area contributed by atoms with Crippen LogP contribution in [0, 0.1) is 0 Å². The fourth-order valence-electron chi connectivity index (χ4n) is 3.00. The van der Waals surface area contributed by atoms with Crippen molar-refractivity contribution in [1.29, 1.82) is 0 Å². The van der Waals surface area contributed by atoms with E-state index in [2.05, 4.69) is 5.10 Å². The predicted octanol–water partition coefficient (Wildman–Crippen LogP) is 4.16. The largest absolute Gasteiger partial charge is 0.496 e. The number of carbonyl (C=O) groups is 1. The number of anilines is 1. The van der Waals surface area contributed by atoms with E-state index in [0.29, 0.717) is 34.3 Å². The highest BCUT2D eigenvalue weighted by Gasteiger charge is 2.42. The van der Waals surface area contributed by atoms with Crippen molar-refractivity contribution < 1.29 is 22.7 Å². The normalized spacial score (nSPS) is 13.9. The Kier molecular flexibility index (Phi) is 3.74. The Bertz CT molecular complexity index is 872. The molecule has 0 saturated carbocycles. The molecule has 2 aromatic carbocycles. The minimum absolute atomic E-state index is 0.178. The van der Waals surface area contributed by atoms with Crippen molar-refractivity contribution in [3.63, 3.8) is 0 Å². The topological polar surface area (TPSA) is 41.9 Å². The van der Waals surface area contributed by atoms with Crippen molar-refractivity contribution >= 4 is 28.0 Å². The average molecular weight is 336 g/mol. The third kappa shape index (κ3) is 2.31. The summed E-state index contributed by atoms with van der Waals surface area (Å²) in [6.07, 6.45) is -4.95. The molecule has 0 aromatic heterocycles. The molecule has 0 saturated heterocycles. The van der Waals surface area contributed by atoms with Crippen LogP contribution in [-0.4, -0.2) is 31.3 Å². The zero-order valence-corrected chi connectivity index (χ0v) is 13.4. The van der Waals surface area contributed by atoms with Gasteiger partial charge in [0, 0.05) is 22.9 Å². The van der Waals surface area contributed by atoms with Crippen LogP contribution in [0.5, 0.6) is 5.75 Å². The Morgan fingerprint density at radius 2 is 1.96 bits per heavy atom. The van der Waals surface area contributed by atoms with Crippen LogP contribution in [-0.2, 0) is 0 Å². The van der Waals surface area contributed by atoms with Crippen LogP contribution in [0.2, 0.25) is 0 Å². The third-order valence-electron chi connectivity index (χ3n) is 4.05. The second kappa shape index (κ2) is 5.51. The maximum atomic E-state index is 13.0. The van der Waals surface area contributed by atoms with Crippen LogP contribution in [0.3, 0.4) is 0 Å². The summed E-state index contributed by atoms with van der Waals surface area (Å²) in [7, 11) is 1.49. The number of halogens is 3. The molecular formula is C17H15F3N2O2. The second-order valence-electron chi connectivity index (χ2n) is 5.43. The smallest absolute Gasteiger partial charge is 0.454 e. The number of methoxy groups -OCH3 is 1. The van der Waals surface area contributed by atoms with Gasteiger partial charge in [-0.05, 0) is 38.1 Å². The number of Topliss-reactive ketones (excluding diaryl/α,β-unsaturated/α-hetero) is 1. The maximum absolute atomic E-state index is 13.0. The number of hydrazone groups is 1. The highest BCUT2D eigenvalue weighted by atomic mass is 19.4. The maximum Gasteiger partial charge on any atom is 0.454 e. The van der Waals surface area contributed by atoms with Gasteiger partial charge in [-0.2, -0.15) is 18.3 Å². The van der Waals surface area contributed by atoms with E-state index in [1.54, 1.807) is 26.0 Å². The molecule has 7 heteroatoms. The van der Waals surface area contributed by atoms with Gasteiger partial charge in [-0.25, -0.2) is 0 Å². The highest BCUT2D eigenvalue weighted by molar-refractivity contribution is 6.21. The lowest BCUT2D eigenvalue weighted by Crippen LogP contribution is -2.29. The Hall–Kier alpha value is -2.57. The van der Waals surface area contributed by atoms with Crippen LogP contribution in [0.15, 0.2) is 29.4 Å². The van der Waals surface area contributed by atoms with Crippen LogP contribution in [0.25, 0.3) is 10.8 Å². The predicted molar refractivity (Wildman–Crippen MR) is 86.1 cm³/mol. The summed E-state index contributed by atoms with van der Waals surface area (Å²) in [5, 5.41) is 6.97. The molecule has 0 unspecified atom stereocenters. The van der Waals surface area contributed by atoms with Crippen LogP contribution in [0.1, 0.15) is 29.8 Å². The lowest BCUT2D eigenvalue weighted by atomic mass is 9.93. The summed E-state index contributed by atoms with van der Waals surface area (Å²) < 4.78 is 44.3. The van der Waals surface area contributed by atoms with Gasteiger partial charge in [-0.1, -0.05) is 0 Å². The van der Waals surface area contributed by atoms with Crippen LogP contribution < -0.4 is 9.75 Å². The standard InChI is InChI=1S/C17H15F3N2O2/c1-4-22-15-12(16(23)17(18,19)20)6-5-11-13(24-3)8-7-10(14(11)15)9(2)21-22/h5-8H,4H2,1-3H3. The van der Waals surface area contributed by atoms with E-state index in [9.17, 15) is 18.0 Å². The van der Waals surface area contributed by atoms with Gasteiger partial charge in [0.25, 0.3) is 5.78 Å². The zero-order chi connectivity index (χ0) is 17.6. The monoisotopic (exact) mass is 336 g/mol. The Balaban J connectivity index is 2.43. The van der Waals surface area contributed by atoms with E-state index in [1.165, 1.54) is 24.3 Å². The van der Waals surface area contributed by atoms with Crippen molar-refractivity contribution in [3.05, 3.63) is 35.4 Å². The fourth-order valence-corrected chi connectivity index (χ4v) is 3.00. The van der Waals surface area contributed by atoms with Crippen molar-refractivity contribution in [2.75, 3.05) is 18.7 Å². The molecule has 0 N–H and O–H groups in total. The van der Waals surface area contributed by atoms with E-state index >= 15 is 0 Å². The fraction of sp³-hybridized carbons (Fsp3) is 0.294. The molecule has 4 nitrogen and oxygen atoms in total. The number of hydrogen-bond acceptors (Lipinski definition) is 4. The molecule has 1 aliphatic heterocycles. The first-order valence-corrected chi connectivity index (χ1v) is 7.38. The minimum Gasteiger partial charge on any atom is -0.496 e. The quantitative estimate of drug-likeness (QED) is 0.791. The van der Waals surface area contributed by atoms with Gasteiger partial charge in [0.05, 0.1) is 24.1 Å². The lowest BCUT2D eigenvalue weighted by Gasteiger charge is -2.29. The second-order valence-corrected chi connectivity index (χ2v) is 5.43. The van der Waals surface area contributed by atoms with Crippen molar-refractivity contribution in [2.45, 2.75) is 20.0 Å². The molecule has 0 amide bonds. The molecule has 126 valence electrons. The van der Waals surface area contributed by atoms with Crippen molar-refractivity contribution in [3.8, 4) is 5.75 Å². The van der Waals surface area contributed by atoms with Gasteiger partial charge in [-0.3, -0.25) is 9.80 Å². The highest BCUT2D eigenvalue weighted by Crippen LogP contribution is 2.42. The molecule has 1 aliphatic rings. The average Bonchev–Trinajstić information content (AvgIpc) is 2.55. The van der Waals surface area contributed by atoms with Gasteiger partial charge in [0.2, 0.25) is 0 Å². The van der Waals surface area contributed by atoms with E-state index in [4.69, 9.17) is 4.74 Å². The first kappa shape index (κ1) is 16.3. The van der Waals surface area contributed by atoms with Crippen molar-refractivity contribution in [1.82, 2.24) is 0 Å². The Morgan fingerprint density at radius 3 is 2.54 bits per heavy atom. The zero-order valence-electron chi connectivity index (χ0n) is 13.4. The number of carbonyl (C=O) groups excluding carboxylic acids is 1. The van der Waals surface area contributed by atoms with E-state index < -0.39 is 17.5 Å². The molecule has 1 heterocycles. The minimum atomic E-state index is -4.95. The van der Waals surface area contributed by atoms with E-state index in [-0.39, 0.29) is 5.69 Å². The molecule has 0 atom stereocenters. The third-order valence-corrected chi connectivity index (χ3v) is 4.05. The van der Waals surface area contributed by atoms with Gasteiger partial charge in [-0.15, -0.1) is 0 Å². The first-order chi connectivity index (χ1) is 11.3. The first-order valence-electron chi connectivity index (χ1n) is 7.38.